The van der Waals surface area contributed by atoms with Crippen molar-refractivity contribution in [1.82, 2.24) is 0 Å². The van der Waals surface area contributed by atoms with Crippen LogP contribution in [-0.2, 0) is 4.74 Å². The summed E-state index contributed by atoms with van der Waals surface area (Å²) in [6, 6.07) is 6.41. The van der Waals surface area contributed by atoms with E-state index in [-0.39, 0.29) is 11.6 Å². The van der Waals surface area contributed by atoms with E-state index in [0.717, 1.165) is 26.2 Å². The van der Waals surface area contributed by atoms with Gasteiger partial charge in [0.15, 0.2) is 11.6 Å². The van der Waals surface area contributed by atoms with Crippen LogP contribution in [0.3, 0.4) is 0 Å². The van der Waals surface area contributed by atoms with Crippen LogP contribution in [0.1, 0.15) is 13.8 Å². The van der Waals surface area contributed by atoms with Gasteiger partial charge in [-0.2, -0.15) is 0 Å². The summed E-state index contributed by atoms with van der Waals surface area (Å²) < 4.78 is 23.9. The molecule has 0 saturated carbocycles. The third kappa shape index (κ3) is 5.47. The van der Waals surface area contributed by atoms with E-state index in [1.807, 2.05) is 0 Å². The normalized spacial score (nSPS) is 10.9. The van der Waals surface area contributed by atoms with Crippen LogP contribution in [0.5, 0.6) is 5.75 Å². The monoisotopic (exact) mass is 256 g/mol. The Balaban J connectivity index is 2.07. The van der Waals surface area contributed by atoms with E-state index in [4.69, 9.17) is 9.47 Å². The van der Waals surface area contributed by atoms with Crippen molar-refractivity contribution in [2.45, 2.75) is 13.8 Å². The molecule has 0 aromatic heterocycles. The summed E-state index contributed by atoms with van der Waals surface area (Å²) in [6.45, 7) is 9.17. The lowest BCUT2D eigenvalue weighted by Crippen LogP contribution is -3.11. The number of hydrogen-bond donors (Lipinski definition) is 1. The summed E-state index contributed by atoms with van der Waals surface area (Å²) in [5.74, 6) is -0.0412. The molecule has 1 rings (SSSR count). The number of likely N-dealkylation sites (N-methyl/N-ethyl adjacent to an activating group) is 1. The zero-order chi connectivity index (χ0) is 13.2. The highest BCUT2D eigenvalue weighted by Crippen LogP contribution is 2.14. The topological polar surface area (TPSA) is 22.9 Å². The summed E-state index contributed by atoms with van der Waals surface area (Å²) in [5.41, 5.74) is 0. The highest BCUT2D eigenvalue weighted by molar-refractivity contribution is 5.23. The van der Waals surface area contributed by atoms with Gasteiger partial charge in [-0.25, -0.2) is 4.39 Å². The Morgan fingerprint density at radius 3 is 2.44 bits per heavy atom. The number of rotatable bonds is 9. The van der Waals surface area contributed by atoms with Crippen molar-refractivity contribution in [3.05, 3.63) is 30.1 Å². The van der Waals surface area contributed by atoms with Gasteiger partial charge in [-0.05, 0) is 26.0 Å². The van der Waals surface area contributed by atoms with Crippen molar-refractivity contribution in [3.8, 4) is 5.75 Å². The second kappa shape index (κ2) is 8.89. The van der Waals surface area contributed by atoms with Gasteiger partial charge in [-0.15, -0.1) is 0 Å². The molecule has 1 aromatic carbocycles. The molecule has 0 amide bonds. The lowest BCUT2D eigenvalue weighted by Gasteiger charge is -2.15. The molecule has 0 radical (unpaired) electrons. The molecule has 4 heteroatoms. The van der Waals surface area contributed by atoms with Gasteiger partial charge < -0.3 is 14.4 Å². The van der Waals surface area contributed by atoms with E-state index in [0.29, 0.717) is 13.2 Å². The molecule has 1 aromatic rings. The van der Waals surface area contributed by atoms with Gasteiger partial charge in [0.05, 0.1) is 26.3 Å². The lowest BCUT2D eigenvalue weighted by atomic mass is 10.3. The highest BCUT2D eigenvalue weighted by Gasteiger charge is 2.03. The molecule has 0 spiro atoms. The van der Waals surface area contributed by atoms with E-state index < -0.39 is 0 Å². The second-order valence-corrected chi connectivity index (χ2v) is 4.10. The minimum atomic E-state index is -0.329. The molecule has 0 aliphatic heterocycles. The van der Waals surface area contributed by atoms with Crippen molar-refractivity contribution in [2.24, 2.45) is 0 Å². The van der Waals surface area contributed by atoms with Crippen LogP contribution in [0, 0.1) is 5.82 Å². The number of benzene rings is 1. The van der Waals surface area contributed by atoms with Crippen LogP contribution in [0.25, 0.3) is 0 Å². The third-order valence-electron chi connectivity index (χ3n) is 2.92. The SMILES string of the molecule is CC[NH+](CC)CCOCCOc1ccccc1F. The molecule has 18 heavy (non-hydrogen) atoms. The molecule has 3 nitrogen and oxygen atoms in total. The number of quaternary nitrogens is 1. The van der Waals surface area contributed by atoms with E-state index in [2.05, 4.69) is 13.8 Å². The molecule has 0 aliphatic carbocycles. The molecular weight excluding hydrogens is 233 g/mol. The minimum absolute atomic E-state index is 0.287. The first-order valence-corrected chi connectivity index (χ1v) is 6.56. The number of halogens is 1. The maximum atomic E-state index is 13.2. The van der Waals surface area contributed by atoms with E-state index in [1.54, 1.807) is 18.2 Å². The zero-order valence-electron chi connectivity index (χ0n) is 11.2. The fourth-order valence-corrected chi connectivity index (χ4v) is 1.69. The van der Waals surface area contributed by atoms with Gasteiger partial charge in [-0.3, -0.25) is 0 Å². The van der Waals surface area contributed by atoms with E-state index >= 15 is 0 Å². The maximum Gasteiger partial charge on any atom is 0.165 e. The van der Waals surface area contributed by atoms with Gasteiger partial charge in [0.1, 0.15) is 13.2 Å². The summed E-state index contributed by atoms with van der Waals surface area (Å²) in [5, 5.41) is 0. The van der Waals surface area contributed by atoms with Gasteiger partial charge in [0, 0.05) is 0 Å². The standard InChI is InChI=1S/C14H22FNO2/c1-3-16(4-2)9-10-17-11-12-18-14-8-6-5-7-13(14)15/h5-8H,3-4,9-12H2,1-2H3/p+1. The fraction of sp³-hybridized carbons (Fsp3) is 0.571. The Bertz CT molecular complexity index is 329. The summed E-state index contributed by atoms with van der Waals surface area (Å²) in [6.07, 6.45) is 0. The fourth-order valence-electron chi connectivity index (χ4n) is 1.69. The van der Waals surface area contributed by atoms with Crippen molar-refractivity contribution in [1.29, 1.82) is 0 Å². The van der Waals surface area contributed by atoms with Gasteiger partial charge >= 0.3 is 0 Å². The third-order valence-corrected chi connectivity index (χ3v) is 2.92. The molecule has 1 N–H and O–H groups in total. The molecule has 0 fully saturated rings. The smallest absolute Gasteiger partial charge is 0.165 e. The highest BCUT2D eigenvalue weighted by atomic mass is 19.1. The second-order valence-electron chi connectivity index (χ2n) is 4.10. The molecular formula is C14H23FNO2+. The van der Waals surface area contributed by atoms with Crippen LogP contribution in [0.15, 0.2) is 24.3 Å². The van der Waals surface area contributed by atoms with Crippen LogP contribution in [0.2, 0.25) is 0 Å². The van der Waals surface area contributed by atoms with Crippen molar-refractivity contribution >= 4 is 0 Å². The van der Waals surface area contributed by atoms with Crippen molar-refractivity contribution < 1.29 is 18.8 Å². The average molecular weight is 256 g/mol. The van der Waals surface area contributed by atoms with Gasteiger partial charge in [0.2, 0.25) is 0 Å². The molecule has 0 aliphatic rings. The number of para-hydroxylation sites is 1. The molecule has 102 valence electrons. The summed E-state index contributed by atoms with van der Waals surface area (Å²) in [7, 11) is 0. The van der Waals surface area contributed by atoms with Crippen LogP contribution >= 0.6 is 0 Å². The van der Waals surface area contributed by atoms with Crippen LogP contribution in [-0.4, -0.2) is 39.5 Å². The Morgan fingerprint density at radius 2 is 1.78 bits per heavy atom. The molecule has 0 atom stereocenters. The van der Waals surface area contributed by atoms with Crippen LogP contribution in [0.4, 0.5) is 4.39 Å². The summed E-state index contributed by atoms with van der Waals surface area (Å²) in [4.78, 5) is 1.52. The first kappa shape index (κ1) is 14.9. The predicted molar refractivity (Wildman–Crippen MR) is 69.6 cm³/mol. The van der Waals surface area contributed by atoms with Crippen molar-refractivity contribution in [2.75, 3.05) is 39.5 Å². The first-order valence-electron chi connectivity index (χ1n) is 6.56. The maximum absolute atomic E-state index is 13.2. The number of nitrogens with one attached hydrogen (secondary N) is 1. The molecule has 0 bridgehead atoms. The zero-order valence-corrected chi connectivity index (χ0v) is 11.2. The molecule has 0 saturated heterocycles. The molecule has 0 unspecified atom stereocenters. The van der Waals surface area contributed by atoms with E-state index in [1.165, 1.54) is 11.0 Å². The largest absolute Gasteiger partial charge is 0.488 e. The Hall–Kier alpha value is -1.13. The quantitative estimate of drug-likeness (QED) is 0.670. The first-order chi connectivity index (χ1) is 8.77. The van der Waals surface area contributed by atoms with Gasteiger partial charge in [0.25, 0.3) is 0 Å². The molecule has 0 heterocycles. The number of ether oxygens (including phenoxy) is 2. The van der Waals surface area contributed by atoms with Crippen molar-refractivity contribution in [3.63, 3.8) is 0 Å². The van der Waals surface area contributed by atoms with E-state index in [9.17, 15) is 4.39 Å². The Morgan fingerprint density at radius 1 is 1.06 bits per heavy atom. The predicted octanol–water partition coefficient (Wildman–Crippen LogP) is 1.15. The average Bonchev–Trinajstić information content (AvgIpc) is 2.40. The Labute approximate surface area is 109 Å². The lowest BCUT2D eigenvalue weighted by molar-refractivity contribution is -0.896. The van der Waals surface area contributed by atoms with Crippen LogP contribution < -0.4 is 9.64 Å². The minimum Gasteiger partial charge on any atom is -0.488 e. The van der Waals surface area contributed by atoms with Gasteiger partial charge in [-0.1, -0.05) is 12.1 Å². The Kier molecular flexibility index (Phi) is 7.37. The number of hydrogen-bond acceptors (Lipinski definition) is 2. The summed E-state index contributed by atoms with van der Waals surface area (Å²) >= 11 is 0.